The summed E-state index contributed by atoms with van der Waals surface area (Å²) in [6.45, 7) is 2.31. The standard InChI is InChI=1S/C22H27N3O3S/c1-16(29)20(26)25-19(21(27)23-14-12-17-8-4-2-5-9-17)22(28)24-15-13-18-10-6-3-7-11-18/h2-11,16,19,29H,12-15H2,1H3,(H,23,27)(H,24,28)(H,25,26)/t16-/m0/s1. The summed E-state index contributed by atoms with van der Waals surface area (Å²) in [5, 5.41) is 7.29. The SMILES string of the molecule is C[C@H](S)C(=O)NC(C(=O)NCCc1ccccc1)C(=O)NCCc1ccccc1. The smallest absolute Gasteiger partial charge is 0.252 e. The Bertz CT molecular complexity index is 740. The van der Waals surface area contributed by atoms with Crippen molar-refractivity contribution in [3.8, 4) is 0 Å². The summed E-state index contributed by atoms with van der Waals surface area (Å²) in [5.74, 6) is -1.56. The first-order valence-electron chi connectivity index (χ1n) is 9.59. The molecule has 2 rings (SSSR count). The molecular weight excluding hydrogens is 386 g/mol. The lowest BCUT2D eigenvalue weighted by Crippen LogP contribution is -2.56. The number of carbonyl (C=O) groups is 3. The molecule has 1 atom stereocenters. The van der Waals surface area contributed by atoms with Crippen molar-refractivity contribution < 1.29 is 14.4 Å². The number of carbonyl (C=O) groups excluding carboxylic acids is 3. The summed E-state index contributed by atoms with van der Waals surface area (Å²) in [5.41, 5.74) is 2.15. The summed E-state index contributed by atoms with van der Waals surface area (Å²) < 4.78 is 0. The maximum Gasteiger partial charge on any atom is 0.252 e. The lowest BCUT2D eigenvalue weighted by Gasteiger charge is -2.19. The molecule has 0 saturated heterocycles. The van der Waals surface area contributed by atoms with Crippen LogP contribution in [0.3, 0.4) is 0 Å². The minimum atomic E-state index is -1.30. The Kier molecular flexibility index (Phi) is 9.24. The van der Waals surface area contributed by atoms with Crippen molar-refractivity contribution in [1.82, 2.24) is 16.0 Å². The molecule has 0 saturated carbocycles. The lowest BCUT2D eigenvalue weighted by atomic mass is 10.1. The average molecular weight is 414 g/mol. The second-order valence-electron chi connectivity index (χ2n) is 6.67. The molecular formula is C22H27N3O3S. The van der Waals surface area contributed by atoms with Gasteiger partial charge in [0, 0.05) is 13.1 Å². The van der Waals surface area contributed by atoms with Gasteiger partial charge in [0.2, 0.25) is 5.91 Å². The maximum absolute atomic E-state index is 12.6. The van der Waals surface area contributed by atoms with Crippen molar-refractivity contribution >= 4 is 30.4 Å². The monoisotopic (exact) mass is 413 g/mol. The van der Waals surface area contributed by atoms with Crippen molar-refractivity contribution in [3.05, 3.63) is 71.8 Å². The van der Waals surface area contributed by atoms with E-state index in [-0.39, 0.29) is 0 Å². The highest BCUT2D eigenvalue weighted by Crippen LogP contribution is 2.00. The topological polar surface area (TPSA) is 87.3 Å². The molecule has 0 aliphatic rings. The first-order chi connectivity index (χ1) is 14.0. The predicted molar refractivity (Wildman–Crippen MR) is 117 cm³/mol. The number of hydrogen-bond acceptors (Lipinski definition) is 4. The first-order valence-corrected chi connectivity index (χ1v) is 10.1. The number of thiol groups is 1. The van der Waals surface area contributed by atoms with Gasteiger partial charge >= 0.3 is 0 Å². The lowest BCUT2D eigenvalue weighted by molar-refractivity contribution is -0.136. The second-order valence-corrected chi connectivity index (χ2v) is 7.45. The van der Waals surface area contributed by atoms with E-state index >= 15 is 0 Å². The van der Waals surface area contributed by atoms with Crippen LogP contribution in [0.5, 0.6) is 0 Å². The molecule has 0 bridgehead atoms. The fourth-order valence-corrected chi connectivity index (χ4v) is 2.74. The molecule has 0 fully saturated rings. The number of hydrogen-bond donors (Lipinski definition) is 4. The van der Waals surface area contributed by atoms with Gasteiger partial charge < -0.3 is 16.0 Å². The normalized spacial score (nSPS) is 11.6. The third-order valence-electron chi connectivity index (χ3n) is 4.30. The molecule has 0 aromatic heterocycles. The molecule has 0 radical (unpaired) electrons. The van der Waals surface area contributed by atoms with Gasteiger partial charge in [-0.3, -0.25) is 14.4 Å². The highest BCUT2D eigenvalue weighted by Gasteiger charge is 2.28. The molecule has 0 aliphatic carbocycles. The molecule has 7 heteroatoms. The number of amides is 3. The molecule has 2 aromatic carbocycles. The average Bonchev–Trinajstić information content (AvgIpc) is 2.73. The van der Waals surface area contributed by atoms with Gasteiger partial charge in [-0.05, 0) is 30.9 Å². The van der Waals surface area contributed by atoms with Gasteiger partial charge in [0.1, 0.15) is 0 Å². The van der Waals surface area contributed by atoms with Crippen LogP contribution < -0.4 is 16.0 Å². The van der Waals surface area contributed by atoms with Gasteiger partial charge in [-0.25, -0.2) is 0 Å². The summed E-state index contributed by atoms with van der Waals surface area (Å²) in [6, 6.07) is 18.1. The van der Waals surface area contributed by atoms with Gasteiger partial charge in [0.25, 0.3) is 11.8 Å². The molecule has 3 N–H and O–H groups in total. The van der Waals surface area contributed by atoms with E-state index in [2.05, 4.69) is 28.6 Å². The van der Waals surface area contributed by atoms with E-state index in [1.165, 1.54) is 0 Å². The van der Waals surface area contributed by atoms with Crippen molar-refractivity contribution in [3.63, 3.8) is 0 Å². The van der Waals surface area contributed by atoms with E-state index in [0.29, 0.717) is 25.9 Å². The zero-order valence-corrected chi connectivity index (χ0v) is 17.3. The predicted octanol–water partition coefficient (Wildman–Crippen LogP) is 1.51. The third-order valence-corrected chi connectivity index (χ3v) is 4.54. The molecule has 0 heterocycles. The van der Waals surface area contributed by atoms with Crippen molar-refractivity contribution in [1.29, 1.82) is 0 Å². The van der Waals surface area contributed by atoms with Crippen LogP contribution in [0.2, 0.25) is 0 Å². The summed E-state index contributed by atoms with van der Waals surface area (Å²) in [7, 11) is 0. The van der Waals surface area contributed by atoms with Crippen LogP contribution >= 0.6 is 12.6 Å². The summed E-state index contributed by atoms with van der Waals surface area (Å²) in [6.07, 6.45) is 1.26. The van der Waals surface area contributed by atoms with Gasteiger partial charge in [-0.1, -0.05) is 60.7 Å². The summed E-state index contributed by atoms with van der Waals surface area (Å²) >= 11 is 4.07. The summed E-state index contributed by atoms with van der Waals surface area (Å²) in [4.78, 5) is 37.1. The number of benzene rings is 2. The van der Waals surface area contributed by atoms with Gasteiger partial charge in [0.05, 0.1) is 5.25 Å². The van der Waals surface area contributed by atoms with Crippen LogP contribution in [0.25, 0.3) is 0 Å². The van der Waals surface area contributed by atoms with E-state index in [0.717, 1.165) is 11.1 Å². The highest BCUT2D eigenvalue weighted by molar-refractivity contribution is 7.81. The Hall–Kier alpha value is -2.80. The third kappa shape index (κ3) is 7.99. The van der Waals surface area contributed by atoms with Crippen LogP contribution in [0.4, 0.5) is 0 Å². The van der Waals surface area contributed by atoms with E-state index in [4.69, 9.17) is 0 Å². The molecule has 0 unspecified atom stereocenters. The highest BCUT2D eigenvalue weighted by atomic mass is 32.1. The molecule has 0 spiro atoms. The van der Waals surface area contributed by atoms with Gasteiger partial charge in [-0.2, -0.15) is 12.6 Å². The van der Waals surface area contributed by atoms with Gasteiger partial charge in [0.15, 0.2) is 6.04 Å². The van der Waals surface area contributed by atoms with E-state index in [1.807, 2.05) is 60.7 Å². The van der Waals surface area contributed by atoms with Crippen LogP contribution in [-0.4, -0.2) is 42.1 Å². The Morgan fingerprint density at radius 2 is 1.17 bits per heavy atom. The van der Waals surface area contributed by atoms with Gasteiger partial charge in [-0.15, -0.1) is 0 Å². The zero-order valence-electron chi connectivity index (χ0n) is 16.4. The minimum Gasteiger partial charge on any atom is -0.354 e. The van der Waals surface area contributed by atoms with Crippen LogP contribution in [0, 0.1) is 0 Å². The first kappa shape index (κ1) is 22.5. The van der Waals surface area contributed by atoms with Crippen LogP contribution in [-0.2, 0) is 27.2 Å². The van der Waals surface area contributed by atoms with Crippen molar-refractivity contribution in [2.45, 2.75) is 31.1 Å². The fraction of sp³-hybridized carbons (Fsp3) is 0.318. The molecule has 6 nitrogen and oxygen atoms in total. The quantitative estimate of drug-likeness (QED) is 0.352. The Balaban J connectivity index is 1.90. The second kappa shape index (κ2) is 11.9. The number of nitrogens with one attached hydrogen (secondary N) is 3. The zero-order chi connectivity index (χ0) is 21.1. The Labute approximate surface area is 176 Å². The minimum absolute atomic E-state index is 0.364. The number of rotatable bonds is 10. The fourth-order valence-electron chi connectivity index (χ4n) is 2.67. The Morgan fingerprint density at radius 1 is 0.759 bits per heavy atom. The van der Waals surface area contributed by atoms with Crippen LogP contribution in [0.1, 0.15) is 18.1 Å². The van der Waals surface area contributed by atoms with Crippen LogP contribution in [0.15, 0.2) is 60.7 Å². The van der Waals surface area contributed by atoms with Crippen molar-refractivity contribution in [2.75, 3.05) is 13.1 Å². The van der Waals surface area contributed by atoms with E-state index < -0.39 is 29.0 Å². The maximum atomic E-state index is 12.6. The molecule has 29 heavy (non-hydrogen) atoms. The van der Waals surface area contributed by atoms with E-state index in [1.54, 1.807) is 6.92 Å². The molecule has 3 amide bonds. The van der Waals surface area contributed by atoms with E-state index in [9.17, 15) is 14.4 Å². The molecule has 0 aliphatic heterocycles. The Morgan fingerprint density at radius 3 is 1.55 bits per heavy atom. The largest absolute Gasteiger partial charge is 0.354 e. The van der Waals surface area contributed by atoms with Crippen molar-refractivity contribution in [2.24, 2.45) is 0 Å². The molecule has 2 aromatic rings. The molecule has 154 valence electrons.